The van der Waals surface area contributed by atoms with Crippen LogP contribution in [0, 0.1) is 0 Å². The molecule has 0 aliphatic heterocycles. The first-order valence-electron chi connectivity index (χ1n) is 7.15. The van der Waals surface area contributed by atoms with Crippen molar-refractivity contribution in [3.8, 4) is 10.6 Å². The number of aryl methyl sites for hydroxylation is 2. The maximum atomic E-state index is 4.65. The summed E-state index contributed by atoms with van der Waals surface area (Å²) in [7, 11) is 0. The molecule has 0 spiro atoms. The molecule has 7 heteroatoms. The maximum Gasteiger partial charge on any atom is 0.234 e. The maximum absolute atomic E-state index is 4.65. The highest BCUT2D eigenvalue weighted by Crippen LogP contribution is 2.26. The molecule has 0 aliphatic rings. The molecular weight excluding hydrogens is 374 g/mol. The Morgan fingerprint density at radius 1 is 1.04 bits per heavy atom. The number of hydrogen-bond donors (Lipinski definition) is 0. The van der Waals surface area contributed by atoms with E-state index in [0.717, 1.165) is 38.7 Å². The third-order valence-electron chi connectivity index (χ3n) is 3.49. The Hall–Kier alpha value is -2.12. The summed E-state index contributed by atoms with van der Waals surface area (Å²) >= 11 is 4.96. The second-order valence-electron chi connectivity index (χ2n) is 5.10. The van der Waals surface area contributed by atoms with Gasteiger partial charge in [0.25, 0.3) is 0 Å². The van der Waals surface area contributed by atoms with Gasteiger partial charge in [-0.3, -0.25) is 4.98 Å². The summed E-state index contributed by atoms with van der Waals surface area (Å²) in [6, 6.07) is 12.4. The molecule has 4 aromatic rings. The number of fused-ring (bicyclic) bond motifs is 1. The fourth-order valence-corrected chi connectivity index (χ4v) is 3.56. The van der Waals surface area contributed by atoms with E-state index in [4.69, 9.17) is 0 Å². The molecule has 0 N–H and O–H groups in total. The Kier molecular flexibility index (Phi) is 3.88. The van der Waals surface area contributed by atoms with Crippen LogP contribution in [0.3, 0.4) is 0 Å². The van der Waals surface area contributed by atoms with Gasteiger partial charge in [0.2, 0.25) is 4.96 Å². The number of pyridine rings is 1. The van der Waals surface area contributed by atoms with Crippen molar-refractivity contribution < 1.29 is 0 Å². The number of rotatable bonds is 4. The van der Waals surface area contributed by atoms with Crippen LogP contribution >= 0.6 is 27.3 Å². The van der Waals surface area contributed by atoms with Crippen molar-refractivity contribution in [3.05, 3.63) is 64.7 Å². The van der Waals surface area contributed by atoms with Gasteiger partial charge in [-0.2, -0.15) is 9.61 Å². The highest BCUT2D eigenvalue weighted by atomic mass is 79.9. The SMILES string of the molecule is Brc1cncc(-c2nn3c(CCc4ccccc4)nnc3s2)c1. The number of hydrogen-bond acceptors (Lipinski definition) is 5. The molecule has 0 radical (unpaired) electrons. The van der Waals surface area contributed by atoms with Gasteiger partial charge in [-0.05, 0) is 34.0 Å². The van der Waals surface area contributed by atoms with Crippen LogP contribution < -0.4 is 0 Å². The summed E-state index contributed by atoms with van der Waals surface area (Å²) in [6.45, 7) is 0. The average Bonchev–Trinajstić information content (AvgIpc) is 3.15. The van der Waals surface area contributed by atoms with E-state index < -0.39 is 0 Å². The van der Waals surface area contributed by atoms with E-state index in [2.05, 4.69) is 60.5 Å². The second-order valence-corrected chi connectivity index (χ2v) is 6.97. The number of aromatic nitrogens is 5. The third kappa shape index (κ3) is 3.02. The van der Waals surface area contributed by atoms with Crippen molar-refractivity contribution in [3.63, 3.8) is 0 Å². The Bertz CT molecular complexity index is 947. The van der Waals surface area contributed by atoms with E-state index in [9.17, 15) is 0 Å². The predicted octanol–water partition coefficient (Wildman–Crippen LogP) is 3.80. The first kappa shape index (κ1) is 14.5. The third-order valence-corrected chi connectivity index (χ3v) is 4.87. The van der Waals surface area contributed by atoms with Crippen molar-refractivity contribution in [2.24, 2.45) is 0 Å². The minimum Gasteiger partial charge on any atom is -0.263 e. The van der Waals surface area contributed by atoms with Gasteiger partial charge in [0.1, 0.15) is 5.01 Å². The van der Waals surface area contributed by atoms with E-state index >= 15 is 0 Å². The van der Waals surface area contributed by atoms with Crippen LogP contribution in [0.15, 0.2) is 53.3 Å². The summed E-state index contributed by atoms with van der Waals surface area (Å²) < 4.78 is 2.77. The molecule has 0 atom stereocenters. The molecule has 5 nitrogen and oxygen atoms in total. The van der Waals surface area contributed by atoms with Crippen LogP contribution in [0.5, 0.6) is 0 Å². The molecule has 0 bridgehead atoms. The van der Waals surface area contributed by atoms with Gasteiger partial charge in [0.05, 0.1) is 0 Å². The van der Waals surface area contributed by atoms with Gasteiger partial charge in [0.15, 0.2) is 5.82 Å². The highest BCUT2D eigenvalue weighted by molar-refractivity contribution is 9.10. The van der Waals surface area contributed by atoms with Crippen molar-refractivity contribution in [2.75, 3.05) is 0 Å². The van der Waals surface area contributed by atoms with Gasteiger partial charge in [-0.1, -0.05) is 41.7 Å². The Balaban J connectivity index is 1.62. The minimum atomic E-state index is 0.808. The smallest absolute Gasteiger partial charge is 0.234 e. The normalized spacial score (nSPS) is 11.2. The van der Waals surface area contributed by atoms with Crippen LogP contribution in [-0.4, -0.2) is 24.8 Å². The van der Waals surface area contributed by atoms with Crippen LogP contribution in [0.4, 0.5) is 0 Å². The average molecular weight is 386 g/mol. The van der Waals surface area contributed by atoms with Gasteiger partial charge >= 0.3 is 0 Å². The molecule has 0 saturated carbocycles. The van der Waals surface area contributed by atoms with Gasteiger partial charge in [0, 0.05) is 28.9 Å². The first-order valence-corrected chi connectivity index (χ1v) is 8.76. The molecule has 114 valence electrons. The molecule has 0 aliphatic carbocycles. The van der Waals surface area contributed by atoms with Crippen LogP contribution in [0.2, 0.25) is 0 Å². The molecule has 4 rings (SSSR count). The topological polar surface area (TPSA) is 56.0 Å². The van der Waals surface area contributed by atoms with Crippen molar-refractivity contribution in [2.45, 2.75) is 12.8 Å². The van der Waals surface area contributed by atoms with Crippen molar-refractivity contribution in [1.82, 2.24) is 24.8 Å². The summed E-state index contributed by atoms with van der Waals surface area (Å²) in [5.74, 6) is 0.884. The summed E-state index contributed by atoms with van der Waals surface area (Å²) in [5.41, 5.74) is 2.26. The zero-order valence-corrected chi connectivity index (χ0v) is 14.5. The number of benzene rings is 1. The fraction of sp³-hybridized carbons (Fsp3) is 0.125. The van der Waals surface area contributed by atoms with Crippen molar-refractivity contribution >= 4 is 32.2 Å². The van der Waals surface area contributed by atoms with Crippen LogP contribution in [0.25, 0.3) is 15.5 Å². The van der Waals surface area contributed by atoms with Crippen LogP contribution in [0.1, 0.15) is 11.4 Å². The van der Waals surface area contributed by atoms with E-state index in [1.165, 1.54) is 16.9 Å². The largest absolute Gasteiger partial charge is 0.263 e. The Morgan fingerprint density at radius 3 is 2.74 bits per heavy atom. The summed E-state index contributed by atoms with van der Waals surface area (Å²) in [4.78, 5) is 5.00. The Morgan fingerprint density at radius 2 is 1.91 bits per heavy atom. The van der Waals surface area contributed by atoms with Crippen LogP contribution in [-0.2, 0) is 12.8 Å². The minimum absolute atomic E-state index is 0.808. The molecule has 0 fully saturated rings. The van der Waals surface area contributed by atoms with E-state index in [1.807, 2.05) is 16.6 Å². The molecular formula is C16H12BrN5S. The monoisotopic (exact) mass is 385 g/mol. The van der Waals surface area contributed by atoms with E-state index in [0.29, 0.717) is 0 Å². The van der Waals surface area contributed by atoms with E-state index in [-0.39, 0.29) is 0 Å². The zero-order chi connectivity index (χ0) is 15.6. The fourth-order valence-electron chi connectivity index (χ4n) is 2.36. The van der Waals surface area contributed by atoms with Gasteiger partial charge in [-0.15, -0.1) is 10.2 Å². The number of nitrogens with zero attached hydrogens (tertiary/aromatic N) is 5. The molecule has 23 heavy (non-hydrogen) atoms. The molecule has 1 aromatic carbocycles. The molecule has 3 heterocycles. The first-order chi connectivity index (χ1) is 11.3. The summed E-state index contributed by atoms with van der Waals surface area (Å²) in [6.07, 6.45) is 5.30. The molecule has 0 amide bonds. The van der Waals surface area contributed by atoms with Gasteiger partial charge in [-0.25, -0.2) is 0 Å². The molecule has 0 saturated heterocycles. The lowest BCUT2D eigenvalue weighted by molar-refractivity contribution is 0.793. The second kappa shape index (κ2) is 6.17. The predicted molar refractivity (Wildman–Crippen MR) is 93.4 cm³/mol. The lowest BCUT2D eigenvalue weighted by Gasteiger charge is -1.99. The lowest BCUT2D eigenvalue weighted by Crippen LogP contribution is -1.99. The standard InChI is InChI=1S/C16H12BrN5S/c17-13-8-12(9-18-10-13)15-21-22-14(19-20-16(22)23-15)7-6-11-4-2-1-3-5-11/h1-5,8-10H,6-7H2. The zero-order valence-electron chi connectivity index (χ0n) is 12.1. The lowest BCUT2D eigenvalue weighted by atomic mass is 10.1. The summed E-state index contributed by atoms with van der Waals surface area (Å²) in [5, 5.41) is 14.0. The number of halogens is 1. The highest BCUT2D eigenvalue weighted by Gasteiger charge is 2.13. The van der Waals surface area contributed by atoms with Gasteiger partial charge < -0.3 is 0 Å². The quantitative estimate of drug-likeness (QED) is 0.536. The molecule has 3 aromatic heterocycles. The Labute approximate surface area is 145 Å². The van der Waals surface area contributed by atoms with E-state index in [1.54, 1.807) is 12.4 Å². The molecule has 0 unspecified atom stereocenters. The van der Waals surface area contributed by atoms with Crippen molar-refractivity contribution in [1.29, 1.82) is 0 Å².